The van der Waals surface area contributed by atoms with Crippen LogP contribution < -0.4 is 10.1 Å². The number of benzene rings is 1. The van der Waals surface area contributed by atoms with Crippen molar-refractivity contribution >= 4 is 0 Å². The molecule has 0 spiro atoms. The third-order valence-electron chi connectivity index (χ3n) is 3.69. The van der Waals surface area contributed by atoms with Gasteiger partial charge in [-0.3, -0.25) is 0 Å². The summed E-state index contributed by atoms with van der Waals surface area (Å²) in [5.41, 5.74) is 1.01. The van der Waals surface area contributed by atoms with Gasteiger partial charge in [-0.25, -0.2) is 4.39 Å². The van der Waals surface area contributed by atoms with Gasteiger partial charge >= 0.3 is 0 Å². The molecule has 0 heterocycles. The van der Waals surface area contributed by atoms with Gasteiger partial charge in [0.05, 0.1) is 7.11 Å². The van der Waals surface area contributed by atoms with Gasteiger partial charge in [0, 0.05) is 6.04 Å². The summed E-state index contributed by atoms with van der Waals surface area (Å²) in [4.78, 5) is 0. The van der Waals surface area contributed by atoms with E-state index < -0.39 is 0 Å². The predicted molar refractivity (Wildman–Crippen MR) is 71.6 cm³/mol. The van der Waals surface area contributed by atoms with Crippen LogP contribution in [0.1, 0.15) is 38.7 Å². The van der Waals surface area contributed by atoms with Gasteiger partial charge in [-0.1, -0.05) is 19.9 Å². The molecule has 0 saturated heterocycles. The molecule has 2 nitrogen and oxygen atoms in total. The summed E-state index contributed by atoms with van der Waals surface area (Å²) in [5, 5.41) is 3.50. The standard InChI is InChI=1S/C15H22FNO/c1-15(2,8-9-17-12-5-6-12)11-4-7-14(18-3)13(16)10-11/h4,7,10,12,17H,5-6,8-9H2,1-3H3. The summed E-state index contributed by atoms with van der Waals surface area (Å²) in [6.07, 6.45) is 3.62. The second-order valence-electron chi connectivity index (χ2n) is 5.71. The van der Waals surface area contributed by atoms with Crippen LogP contribution in [0.5, 0.6) is 5.75 Å². The quantitative estimate of drug-likeness (QED) is 0.838. The van der Waals surface area contributed by atoms with E-state index in [0.29, 0.717) is 5.75 Å². The van der Waals surface area contributed by atoms with Crippen LogP contribution in [0.15, 0.2) is 18.2 Å². The molecule has 0 unspecified atom stereocenters. The smallest absolute Gasteiger partial charge is 0.165 e. The second-order valence-corrected chi connectivity index (χ2v) is 5.71. The molecule has 1 aromatic rings. The van der Waals surface area contributed by atoms with E-state index in [0.717, 1.165) is 24.6 Å². The molecule has 1 aliphatic carbocycles. The van der Waals surface area contributed by atoms with Crippen LogP contribution >= 0.6 is 0 Å². The Hall–Kier alpha value is -1.09. The molecule has 0 aliphatic heterocycles. The minimum atomic E-state index is -0.279. The molecular weight excluding hydrogens is 229 g/mol. The van der Waals surface area contributed by atoms with Crippen molar-refractivity contribution in [1.82, 2.24) is 5.32 Å². The average molecular weight is 251 g/mol. The third kappa shape index (κ3) is 3.22. The van der Waals surface area contributed by atoms with Gasteiger partial charge in [-0.2, -0.15) is 0 Å². The van der Waals surface area contributed by atoms with Crippen LogP contribution in [0.4, 0.5) is 4.39 Å². The lowest BCUT2D eigenvalue weighted by Gasteiger charge is -2.26. The van der Waals surface area contributed by atoms with Gasteiger partial charge in [0.1, 0.15) is 0 Å². The predicted octanol–water partition coefficient (Wildman–Crippen LogP) is 3.25. The number of methoxy groups -OCH3 is 1. The molecule has 1 aromatic carbocycles. The first-order valence-corrected chi connectivity index (χ1v) is 6.60. The maximum absolute atomic E-state index is 13.7. The van der Waals surface area contributed by atoms with Crippen LogP contribution in [0, 0.1) is 5.82 Å². The van der Waals surface area contributed by atoms with Crippen molar-refractivity contribution in [3.05, 3.63) is 29.6 Å². The molecule has 0 bridgehead atoms. The average Bonchev–Trinajstić information content (AvgIpc) is 3.12. The fourth-order valence-corrected chi connectivity index (χ4v) is 2.11. The fraction of sp³-hybridized carbons (Fsp3) is 0.600. The first-order valence-electron chi connectivity index (χ1n) is 6.60. The molecular formula is C15H22FNO. The van der Waals surface area contributed by atoms with Gasteiger partial charge < -0.3 is 10.1 Å². The van der Waals surface area contributed by atoms with Crippen LogP contribution in [0.2, 0.25) is 0 Å². The largest absolute Gasteiger partial charge is 0.494 e. The Morgan fingerprint density at radius 1 is 1.39 bits per heavy atom. The van der Waals surface area contributed by atoms with Gasteiger partial charge in [0.15, 0.2) is 11.6 Å². The Kier molecular flexibility index (Phi) is 3.91. The summed E-state index contributed by atoms with van der Waals surface area (Å²) in [6, 6.07) is 5.99. The number of halogens is 1. The number of nitrogens with one attached hydrogen (secondary N) is 1. The Morgan fingerprint density at radius 3 is 2.67 bits per heavy atom. The van der Waals surface area contributed by atoms with E-state index in [1.54, 1.807) is 12.1 Å². The molecule has 1 saturated carbocycles. The van der Waals surface area contributed by atoms with Gasteiger partial charge in [-0.15, -0.1) is 0 Å². The molecule has 100 valence electrons. The second kappa shape index (κ2) is 5.27. The molecule has 0 radical (unpaired) electrons. The van der Waals surface area contributed by atoms with E-state index in [4.69, 9.17) is 4.74 Å². The summed E-state index contributed by atoms with van der Waals surface area (Å²) in [7, 11) is 1.49. The lowest BCUT2D eigenvalue weighted by atomic mass is 9.81. The topological polar surface area (TPSA) is 21.3 Å². The SMILES string of the molecule is COc1ccc(C(C)(C)CCNC2CC2)cc1F. The summed E-state index contributed by atoms with van der Waals surface area (Å²) >= 11 is 0. The van der Waals surface area contributed by atoms with E-state index in [9.17, 15) is 4.39 Å². The van der Waals surface area contributed by atoms with Crippen molar-refractivity contribution in [2.24, 2.45) is 0 Å². The number of ether oxygens (including phenoxy) is 1. The van der Waals surface area contributed by atoms with Crippen LogP contribution in [0.25, 0.3) is 0 Å². The highest BCUT2D eigenvalue weighted by atomic mass is 19.1. The van der Waals surface area contributed by atoms with Crippen LogP contribution in [0.3, 0.4) is 0 Å². The number of hydrogen-bond acceptors (Lipinski definition) is 2. The van der Waals surface area contributed by atoms with Gasteiger partial charge in [0.25, 0.3) is 0 Å². The van der Waals surface area contributed by atoms with Crippen molar-refractivity contribution in [2.75, 3.05) is 13.7 Å². The first kappa shape index (κ1) is 13.3. The molecule has 1 N–H and O–H groups in total. The molecule has 18 heavy (non-hydrogen) atoms. The van der Waals surface area contributed by atoms with E-state index in [1.807, 2.05) is 6.07 Å². The fourth-order valence-electron chi connectivity index (χ4n) is 2.11. The summed E-state index contributed by atoms with van der Waals surface area (Å²) in [6.45, 7) is 5.30. The minimum Gasteiger partial charge on any atom is -0.494 e. The van der Waals surface area contributed by atoms with Crippen molar-refractivity contribution in [1.29, 1.82) is 0 Å². The van der Waals surface area contributed by atoms with E-state index in [2.05, 4.69) is 19.2 Å². The Bertz CT molecular complexity index is 413. The van der Waals surface area contributed by atoms with E-state index in [1.165, 1.54) is 20.0 Å². The maximum Gasteiger partial charge on any atom is 0.165 e. The third-order valence-corrected chi connectivity index (χ3v) is 3.69. The van der Waals surface area contributed by atoms with Crippen molar-refractivity contribution < 1.29 is 9.13 Å². The van der Waals surface area contributed by atoms with Crippen molar-refractivity contribution in [2.45, 2.75) is 44.6 Å². The molecule has 3 heteroatoms. The van der Waals surface area contributed by atoms with Gasteiger partial charge in [-0.05, 0) is 48.9 Å². The number of hydrogen-bond donors (Lipinski definition) is 1. The Balaban J connectivity index is 2.00. The Labute approximate surface area is 109 Å². The van der Waals surface area contributed by atoms with Crippen molar-refractivity contribution in [3.8, 4) is 5.75 Å². The number of rotatable bonds is 6. The molecule has 1 aliphatic rings. The monoisotopic (exact) mass is 251 g/mol. The highest BCUT2D eigenvalue weighted by Gasteiger charge is 2.24. The van der Waals surface area contributed by atoms with E-state index in [-0.39, 0.29) is 11.2 Å². The zero-order valence-corrected chi connectivity index (χ0v) is 11.4. The summed E-state index contributed by atoms with van der Waals surface area (Å²) in [5.74, 6) is 0.0314. The molecule has 0 aromatic heterocycles. The molecule has 0 atom stereocenters. The zero-order chi connectivity index (χ0) is 13.2. The van der Waals surface area contributed by atoms with Crippen molar-refractivity contribution in [3.63, 3.8) is 0 Å². The maximum atomic E-state index is 13.7. The van der Waals surface area contributed by atoms with E-state index >= 15 is 0 Å². The molecule has 0 amide bonds. The lowest BCUT2D eigenvalue weighted by molar-refractivity contribution is 0.383. The van der Waals surface area contributed by atoms with Crippen LogP contribution in [-0.2, 0) is 5.41 Å². The highest BCUT2D eigenvalue weighted by molar-refractivity contribution is 5.33. The first-order chi connectivity index (χ1) is 8.53. The minimum absolute atomic E-state index is 0.0188. The Morgan fingerprint density at radius 2 is 2.11 bits per heavy atom. The van der Waals surface area contributed by atoms with Gasteiger partial charge in [0.2, 0.25) is 0 Å². The van der Waals surface area contributed by atoms with Crippen LogP contribution in [-0.4, -0.2) is 19.7 Å². The summed E-state index contributed by atoms with van der Waals surface area (Å²) < 4.78 is 18.6. The molecule has 1 fully saturated rings. The normalized spacial score (nSPS) is 15.8. The lowest BCUT2D eigenvalue weighted by Crippen LogP contribution is -2.26. The molecule has 2 rings (SSSR count). The zero-order valence-electron chi connectivity index (χ0n) is 11.4. The highest BCUT2D eigenvalue weighted by Crippen LogP contribution is 2.30.